The van der Waals surface area contributed by atoms with Crippen molar-refractivity contribution in [1.29, 1.82) is 0 Å². The number of H-pyrrole nitrogens is 1. The fourth-order valence-electron chi connectivity index (χ4n) is 3.20. The number of aromatic nitrogens is 2. The molecule has 0 aliphatic carbocycles. The summed E-state index contributed by atoms with van der Waals surface area (Å²) in [6, 6.07) is 8.20. The molecule has 0 bridgehead atoms. The fourth-order valence-corrected chi connectivity index (χ4v) is 5.12. The Kier molecular flexibility index (Phi) is 6.88. The van der Waals surface area contributed by atoms with Crippen LogP contribution in [0.15, 0.2) is 29.1 Å². The predicted molar refractivity (Wildman–Crippen MR) is 128 cm³/mol. The van der Waals surface area contributed by atoms with E-state index in [0.717, 1.165) is 26.5 Å². The monoisotopic (exact) mass is 444 g/mol. The third-order valence-electron chi connectivity index (χ3n) is 5.15. The summed E-state index contributed by atoms with van der Waals surface area (Å²) in [6.45, 7) is 6.41. The summed E-state index contributed by atoms with van der Waals surface area (Å²) < 4.78 is 0. The zero-order valence-electron chi connectivity index (χ0n) is 18.3. The maximum absolute atomic E-state index is 12.8. The van der Waals surface area contributed by atoms with Gasteiger partial charge in [0.15, 0.2) is 0 Å². The lowest BCUT2D eigenvalue weighted by Crippen LogP contribution is -2.33. The van der Waals surface area contributed by atoms with Crippen LogP contribution in [0.25, 0.3) is 10.2 Å². The van der Waals surface area contributed by atoms with Crippen LogP contribution in [0.3, 0.4) is 0 Å². The molecule has 3 rings (SSSR count). The van der Waals surface area contributed by atoms with Crippen LogP contribution in [0.4, 0.5) is 5.69 Å². The summed E-state index contributed by atoms with van der Waals surface area (Å²) in [5.74, 6) is 1.16. The second-order valence-corrected chi connectivity index (χ2v) is 10.2. The quantitative estimate of drug-likeness (QED) is 0.598. The lowest BCUT2D eigenvalue weighted by atomic mass is 10.2. The normalized spacial score (nSPS) is 12.2. The lowest BCUT2D eigenvalue weighted by molar-refractivity contribution is -0.129. The van der Waals surface area contributed by atoms with Crippen molar-refractivity contribution in [3.63, 3.8) is 0 Å². The van der Waals surface area contributed by atoms with Crippen molar-refractivity contribution in [3.05, 3.63) is 56.4 Å². The summed E-state index contributed by atoms with van der Waals surface area (Å²) in [7, 11) is 5.83. The zero-order chi connectivity index (χ0) is 22.0. The molecule has 160 valence electrons. The van der Waals surface area contributed by atoms with Crippen molar-refractivity contribution < 1.29 is 4.79 Å². The molecule has 0 spiro atoms. The van der Waals surface area contributed by atoms with Gasteiger partial charge < -0.3 is 14.8 Å². The van der Waals surface area contributed by atoms with Gasteiger partial charge in [-0.3, -0.25) is 9.59 Å². The van der Waals surface area contributed by atoms with Crippen molar-refractivity contribution >= 4 is 44.9 Å². The number of thioether (sulfide) groups is 1. The Morgan fingerprint density at radius 1 is 1.20 bits per heavy atom. The van der Waals surface area contributed by atoms with Crippen LogP contribution in [0.1, 0.15) is 28.8 Å². The molecule has 1 unspecified atom stereocenters. The average molecular weight is 445 g/mol. The first-order valence-corrected chi connectivity index (χ1v) is 11.7. The molecule has 1 N–H and O–H groups in total. The Bertz CT molecular complexity index is 1100. The topological polar surface area (TPSA) is 69.3 Å². The first-order chi connectivity index (χ1) is 14.2. The number of thiophene rings is 1. The molecule has 0 aliphatic heterocycles. The van der Waals surface area contributed by atoms with Crippen LogP contribution in [-0.2, 0) is 17.1 Å². The van der Waals surface area contributed by atoms with Crippen LogP contribution in [0.2, 0.25) is 0 Å². The number of benzene rings is 1. The minimum Gasteiger partial charge on any atom is -0.378 e. The van der Waals surface area contributed by atoms with Gasteiger partial charge in [0.25, 0.3) is 5.56 Å². The van der Waals surface area contributed by atoms with Gasteiger partial charge in [-0.2, -0.15) is 0 Å². The molecule has 2 aromatic heterocycles. The lowest BCUT2D eigenvalue weighted by Gasteiger charge is -2.21. The Labute approximate surface area is 185 Å². The number of fused-ring (bicyclic) bond motifs is 1. The highest BCUT2D eigenvalue weighted by Gasteiger charge is 2.19. The van der Waals surface area contributed by atoms with E-state index in [1.54, 1.807) is 4.90 Å². The minimum absolute atomic E-state index is 0.0583. The highest BCUT2D eigenvalue weighted by atomic mass is 32.2. The molecule has 0 aliphatic rings. The van der Waals surface area contributed by atoms with E-state index >= 15 is 0 Å². The number of nitrogens with zero attached hydrogens (tertiary/aromatic N) is 3. The predicted octanol–water partition coefficient (Wildman–Crippen LogP) is 3.95. The molecule has 1 amide bonds. The first-order valence-electron chi connectivity index (χ1n) is 9.79. The second-order valence-electron chi connectivity index (χ2n) is 7.68. The number of aryl methyl sites for hydroxylation is 2. The van der Waals surface area contributed by atoms with Crippen molar-refractivity contribution in [2.24, 2.45) is 0 Å². The maximum Gasteiger partial charge on any atom is 0.259 e. The number of nitrogens with one attached hydrogen (secondary N) is 1. The van der Waals surface area contributed by atoms with Gasteiger partial charge in [0.1, 0.15) is 10.7 Å². The number of carbonyl (C=O) groups is 1. The molecule has 8 heteroatoms. The van der Waals surface area contributed by atoms with E-state index in [4.69, 9.17) is 0 Å². The standard InChI is InChI=1S/C22H28N4O2S2/c1-13-14(2)30-21-19(13)20(27)23-18(24-21)12-29-15(3)22(28)26(6)11-16-7-9-17(10-8-16)25(4)5/h7-10,15H,11-12H2,1-6H3,(H,23,24,27). The largest absolute Gasteiger partial charge is 0.378 e. The van der Waals surface area contributed by atoms with E-state index in [1.807, 2.05) is 58.9 Å². The molecule has 3 aromatic rings. The third-order valence-corrected chi connectivity index (χ3v) is 7.40. The minimum atomic E-state index is -0.233. The van der Waals surface area contributed by atoms with Crippen molar-refractivity contribution in [3.8, 4) is 0 Å². The molecule has 0 radical (unpaired) electrons. The van der Waals surface area contributed by atoms with Gasteiger partial charge in [0.05, 0.1) is 16.4 Å². The van der Waals surface area contributed by atoms with E-state index in [1.165, 1.54) is 23.1 Å². The van der Waals surface area contributed by atoms with Gasteiger partial charge in [-0.1, -0.05) is 12.1 Å². The second kappa shape index (κ2) is 9.22. The van der Waals surface area contributed by atoms with Gasteiger partial charge >= 0.3 is 0 Å². The average Bonchev–Trinajstić information content (AvgIpc) is 2.99. The summed E-state index contributed by atoms with van der Waals surface area (Å²) in [6.07, 6.45) is 0. The fraction of sp³-hybridized carbons (Fsp3) is 0.409. The molecule has 0 saturated carbocycles. The number of anilines is 1. The number of amides is 1. The van der Waals surface area contributed by atoms with Gasteiger partial charge in [-0.25, -0.2) is 4.98 Å². The van der Waals surface area contributed by atoms with Crippen molar-refractivity contribution in [2.75, 3.05) is 26.0 Å². The molecule has 30 heavy (non-hydrogen) atoms. The van der Waals surface area contributed by atoms with Crippen molar-refractivity contribution in [2.45, 2.75) is 38.3 Å². The van der Waals surface area contributed by atoms with Crippen LogP contribution >= 0.6 is 23.1 Å². The summed E-state index contributed by atoms with van der Waals surface area (Å²) in [5.41, 5.74) is 3.11. The number of hydrogen-bond donors (Lipinski definition) is 1. The van der Waals surface area contributed by atoms with E-state index in [9.17, 15) is 9.59 Å². The van der Waals surface area contributed by atoms with Gasteiger partial charge in [-0.15, -0.1) is 23.1 Å². The van der Waals surface area contributed by atoms with Gasteiger partial charge in [-0.05, 0) is 44.0 Å². The first kappa shape index (κ1) is 22.4. The molecular formula is C22H28N4O2S2. The molecule has 1 atom stereocenters. The smallest absolute Gasteiger partial charge is 0.259 e. The van der Waals surface area contributed by atoms with E-state index in [2.05, 4.69) is 22.1 Å². The molecule has 1 aromatic carbocycles. The number of rotatable bonds is 7. The molecule has 2 heterocycles. The van der Waals surface area contributed by atoms with Crippen LogP contribution in [0, 0.1) is 13.8 Å². The number of hydrogen-bond acceptors (Lipinski definition) is 6. The van der Waals surface area contributed by atoms with Crippen LogP contribution < -0.4 is 10.5 Å². The van der Waals surface area contributed by atoms with E-state index in [-0.39, 0.29) is 16.7 Å². The van der Waals surface area contributed by atoms with Crippen LogP contribution in [0.5, 0.6) is 0 Å². The Balaban J connectivity index is 1.61. The third kappa shape index (κ3) is 4.87. The molecular weight excluding hydrogens is 416 g/mol. The molecule has 6 nitrogen and oxygen atoms in total. The maximum atomic E-state index is 12.8. The summed E-state index contributed by atoms with van der Waals surface area (Å²) in [4.78, 5) is 38.3. The Morgan fingerprint density at radius 3 is 2.50 bits per heavy atom. The molecule has 0 saturated heterocycles. The van der Waals surface area contributed by atoms with E-state index < -0.39 is 0 Å². The number of aromatic amines is 1. The summed E-state index contributed by atoms with van der Waals surface area (Å²) >= 11 is 3.02. The SMILES string of the molecule is Cc1sc2nc(CSC(C)C(=O)N(C)Cc3ccc(N(C)C)cc3)[nH]c(=O)c2c1C. The Hall–Kier alpha value is -2.32. The Morgan fingerprint density at radius 2 is 1.87 bits per heavy atom. The highest BCUT2D eigenvalue weighted by Crippen LogP contribution is 2.26. The highest BCUT2D eigenvalue weighted by molar-refractivity contribution is 7.99. The number of carbonyl (C=O) groups excluding carboxylic acids is 1. The zero-order valence-corrected chi connectivity index (χ0v) is 19.9. The van der Waals surface area contributed by atoms with E-state index in [0.29, 0.717) is 23.5 Å². The van der Waals surface area contributed by atoms with Crippen LogP contribution in [-0.4, -0.2) is 47.2 Å². The summed E-state index contributed by atoms with van der Waals surface area (Å²) in [5, 5.41) is 0.444. The van der Waals surface area contributed by atoms with Gasteiger partial charge in [0.2, 0.25) is 5.91 Å². The van der Waals surface area contributed by atoms with Gasteiger partial charge in [0, 0.05) is 38.3 Å². The molecule has 0 fully saturated rings. The van der Waals surface area contributed by atoms with Crippen molar-refractivity contribution in [1.82, 2.24) is 14.9 Å².